The molecule has 0 spiro atoms. The molecule has 0 heterocycles. The topological polar surface area (TPSA) is 12.0 Å². The maximum atomic E-state index is 3.52. The highest BCUT2D eigenvalue weighted by atomic mass is 127. The van der Waals surface area contributed by atoms with Crippen LogP contribution in [0.25, 0.3) is 0 Å². The molecule has 0 saturated heterocycles. The molecule has 0 radical (unpaired) electrons. The Morgan fingerprint density at radius 2 is 1.79 bits per heavy atom. The van der Waals surface area contributed by atoms with Gasteiger partial charge in [0.05, 0.1) is 0 Å². The van der Waals surface area contributed by atoms with Gasteiger partial charge in [0.25, 0.3) is 0 Å². The van der Waals surface area contributed by atoms with E-state index in [1.165, 1.54) is 9.13 Å². The molecule has 0 aliphatic rings. The van der Waals surface area contributed by atoms with Crippen molar-refractivity contribution < 1.29 is 0 Å². The van der Waals surface area contributed by atoms with Gasteiger partial charge in [0.2, 0.25) is 0 Å². The highest BCUT2D eigenvalue weighted by molar-refractivity contribution is 14.1. The molecule has 2 heteroatoms. The molecule has 1 nitrogen and oxygen atoms in total. The summed E-state index contributed by atoms with van der Waals surface area (Å²) in [5.41, 5.74) is 1.39. The molecule has 14 heavy (non-hydrogen) atoms. The molecule has 0 aliphatic heterocycles. The van der Waals surface area contributed by atoms with Crippen molar-refractivity contribution in [3.05, 3.63) is 33.4 Å². The molecule has 0 bridgehead atoms. The monoisotopic (exact) mass is 303 g/mol. The molecule has 78 valence electrons. The second-order valence-corrected chi connectivity index (χ2v) is 5.08. The Hall–Kier alpha value is -0.0900. The highest BCUT2D eigenvalue weighted by Crippen LogP contribution is 2.22. The molecule has 1 aromatic rings. The third kappa shape index (κ3) is 3.24. The molecular weight excluding hydrogens is 285 g/mol. The fourth-order valence-electron chi connectivity index (χ4n) is 1.63. The predicted molar refractivity (Wildman–Crippen MR) is 70.4 cm³/mol. The van der Waals surface area contributed by atoms with Crippen LogP contribution < -0.4 is 5.32 Å². The van der Waals surface area contributed by atoms with Crippen LogP contribution in [0.3, 0.4) is 0 Å². The van der Waals surface area contributed by atoms with E-state index in [1.54, 1.807) is 0 Å². The van der Waals surface area contributed by atoms with E-state index < -0.39 is 0 Å². The van der Waals surface area contributed by atoms with E-state index in [0.29, 0.717) is 12.0 Å². The Morgan fingerprint density at radius 1 is 1.21 bits per heavy atom. The summed E-state index contributed by atoms with van der Waals surface area (Å²) in [7, 11) is 0. The van der Waals surface area contributed by atoms with Gasteiger partial charge in [-0.1, -0.05) is 32.9 Å². The lowest BCUT2D eigenvalue weighted by Crippen LogP contribution is -2.25. The summed E-state index contributed by atoms with van der Waals surface area (Å²) in [6.45, 7) is 7.69. The van der Waals surface area contributed by atoms with Crippen molar-refractivity contribution in [3.8, 4) is 0 Å². The summed E-state index contributed by atoms with van der Waals surface area (Å²) in [4.78, 5) is 0. The summed E-state index contributed by atoms with van der Waals surface area (Å²) in [6.07, 6.45) is 0. The molecular formula is C12H18IN. The minimum Gasteiger partial charge on any atom is -0.310 e. The lowest BCUT2D eigenvalue weighted by atomic mass is 9.96. The summed E-state index contributed by atoms with van der Waals surface area (Å²) in [5, 5.41) is 3.52. The lowest BCUT2D eigenvalue weighted by Gasteiger charge is -2.22. The third-order valence-electron chi connectivity index (χ3n) is 2.32. The third-order valence-corrected chi connectivity index (χ3v) is 3.04. The molecule has 0 aliphatic carbocycles. The van der Waals surface area contributed by atoms with Crippen LogP contribution in [-0.2, 0) is 0 Å². The molecule has 1 aromatic carbocycles. The van der Waals surface area contributed by atoms with Crippen LogP contribution in [0.1, 0.15) is 32.4 Å². The van der Waals surface area contributed by atoms with Crippen LogP contribution in [0.5, 0.6) is 0 Å². The molecule has 1 unspecified atom stereocenters. The summed E-state index contributed by atoms with van der Waals surface area (Å²) in [5.74, 6) is 0.634. The lowest BCUT2D eigenvalue weighted by molar-refractivity contribution is 0.422. The van der Waals surface area contributed by atoms with Crippen LogP contribution in [0.4, 0.5) is 0 Å². The van der Waals surface area contributed by atoms with E-state index in [4.69, 9.17) is 0 Å². The summed E-state index contributed by atoms with van der Waals surface area (Å²) >= 11 is 2.34. The molecule has 0 saturated carbocycles. The van der Waals surface area contributed by atoms with Gasteiger partial charge in [-0.2, -0.15) is 0 Å². The van der Waals surface area contributed by atoms with Crippen molar-refractivity contribution in [2.75, 3.05) is 6.54 Å². The standard InChI is InChI=1S/C12H18IN/c1-4-14-12(9(2)3)10-5-7-11(13)8-6-10/h5-9,12,14H,4H2,1-3H3. The van der Waals surface area contributed by atoms with Crippen molar-refractivity contribution in [2.24, 2.45) is 5.92 Å². The first-order valence-corrected chi connectivity index (χ1v) is 6.22. The van der Waals surface area contributed by atoms with Crippen LogP contribution in [0.2, 0.25) is 0 Å². The van der Waals surface area contributed by atoms with Gasteiger partial charge < -0.3 is 5.32 Å². The zero-order chi connectivity index (χ0) is 10.6. The van der Waals surface area contributed by atoms with E-state index in [2.05, 4.69) is 72.9 Å². The van der Waals surface area contributed by atoms with Crippen LogP contribution in [0, 0.1) is 9.49 Å². The van der Waals surface area contributed by atoms with E-state index in [1.807, 2.05) is 0 Å². The quantitative estimate of drug-likeness (QED) is 0.838. The van der Waals surface area contributed by atoms with Crippen molar-refractivity contribution in [1.82, 2.24) is 5.32 Å². The van der Waals surface area contributed by atoms with Gasteiger partial charge in [-0.15, -0.1) is 0 Å². The Balaban J connectivity index is 2.82. The van der Waals surface area contributed by atoms with Gasteiger partial charge in [-0.25, -0.2) is 0 Å². The molecule has 0 aromatic heterocycles. The summed E-state index contributed by atoms with van der Waals surface area (Å²) in [6, 6.07) is 9.26. The fraction of sp³-hybridized carbons (Fsp3) is 0.500. The average molecular weight is 303 g/mol. The maximum Gasteiger partial charge on any atom is 0.0343 e. The average Bonchev–Trinajstić information content (AvgIpc) is 2.15. The maximum absolute atomic E-state index is 3.52. The number of halogens is 1. The van der Waals surface area contributed by atoms with E-state index in [-0.39, 0.29) is 0 Å². The molecule has 0 amide bonds. The second kappa shape index (κ2) is 5.71. The van der Waals surface area contributed by atoms with Crippen molar-refractivity contribution in [1.29, 1.82) is 0 Å². The Bertz CT molecular complexity index is 266. The van der Waals surface area contributed by atoms with Crippen LogP contribution >= 0.6 is 22.6 Å². The summed E-state index contributed by atoms with van der Waals surface area (Å²) < 4.78 is 1.30. The van der Waals surface area contributed by atoms with Crippen molar-refractivity contribution in [3.63, 3.8) is 0 Å². The SMILES string of the molecule is CCNC(c1ccc(I)cc1)C(C)C. The number of rotatable bonds is 4. The second-order valence-electron chi connectivity index (χ2n) is 3.83. The van der Waals surface area contributed by atoms with E-state index in [9.17, 15) is 0 Å². The minimum atomic E-state index is 0.483. The van der Waals surface area contributed by atoms with Gasteiger partial charge in [-0.05, 0) is 52.7 Å². The Morgan fingerprint density at radius 3 is 2.21 bits per heavy atom. The van der Waals surface area contributed by atoms with Crippen molar-refractivity contribution in [2.45, 2.75) is 26.8 Å². The van der Waals surface area contributed by atoms with E-state index in [0.717, 1.165) is 6.54 Å². The molecule has 1 rings (SSSR count). The Kier molecular flexibility index (Phi) is 4.89. The van der Waals surface area contributed by atoms with Gasteiger partial charge in [0.15, 0.2) is 0 Å². The highest BCUT2D eigenvalue weighted by Gasteiger charge is 2.13. The zero-order valence-electron chi connectivity index (χ0n) is 9.05. The zero-order valence-corrected chi connectivity index (χ0v) is 11.2. The predicted octanol–water partition coefficient (Wildman–Crippen LogP) is 3.60. The fourth-order valence-corrected chi connectivity index (χ4v) is 1.99. The largest absolute Gasteiger partial charge is 0.310 e. The normalized spacial score (nSPS) is 13.2. The van der Waals surface area contributed by atoms with Gasteiger partial charge in [0.1, 0.15) is 0 Å². The smallest absolute Gasteiger partial charge is 0.0343 e. The van der Waals surface area contributed by atoms with Gasteiger partial charge in [-0.3, -0.25) is 0 Å². The first-order valence-electron chi connectivity index (χ1n) is 5.14. The number of hydrogen-bond acceptors (Lipinski definition) is 1. The molecule has 1 N–H and O–H groups in total. The molecule has 1 atom stereocenters. The molecule has 0 fully saturated rings. The van der Waals surface area contributed by atoms with Crippen LogP contribution in [0.15, 0.2) is 24.3 Å². The van der Waals surface area contributed by atoms with Crippen LogP contribution in [-0.4, -0.2) is 6.54 Å². The number of nitrogens with one attached hydrogen (secondary N) is 1. The van der Waals surface area contributed by atoms with E-state index >= 15 is 0 Å². The van der Waals surface area contributed by atoms with Gasteiger partial charge in [0, 0.05) is 9.61 Å². The number of benzene rings is 1. The Labute approximate surface area is 100 Å². The van der Waals surface area contributed by atoms with Gasteiger partial charge >= 0.3 is 0 Å². The van der Waals surface area contributed by atoms with Crippen molar-refractivity contribution >= 4 is 22.6 Å². The first kappa shape index (κ1) is 12.0. The minimum absolute atomic E-state index is 0.483. The first-order chi connectivity index (χ1) is 6.65. The number of hydrogen-bond donors (Lipinski definition) is 1.